The Morgan fingerprint density at radius 3 is 2.73 bits per heavy atom. The minimum absolute atomic E-state index is 0.0893. The largest absolute Gasteiger partial charge is 0.464 e. The van der Waals surface area contributed by atoms with Crippen LogP contribution in [0.3, 0.4) is 0 Å². The Bertz CT molecular complexity index is 190. The van der Waals surface area contributed by atoms with Crippen molar-refractivity contribution >= 4 is 11.9 Å². The summed E-state index contributed by atoms with van der Waals surface area (Å²) < 4.78 is 4.72. The molecular formula is C7H11NO3. The van der Waals surface area contributed by atoms with Crippen molar-refractivity contribution in [3.8, 4) is 0 Å². The van der Waals surface area contributed by atoms with E-state index in [4.69, 9.17) is 4.74 Å². The number of ether oxygens (including phenoxy) is 1. The van der Waals surface area contributed by atoms with Crippen molar-refractivity contribution in [1.82, 2.24) is 5.32 Å². The first-order chi connectivity index (χ1) is 5.11. The van der Waals surface area contributed by atoms with E-state index < -0.39 is 6.04 Å². The third-order valence-electron chi connectivity index (χ3n) is 1.67. The first kappa shape index (κ1) is 8.04. The predicted molar refractivity (Wildman–Crippen MR) is 37.7 cm³/mol. The van der Waals surface area contributed by atoms with Gasteiger partial charge in [-0.1, -0.05) is 6.92 Å². The molecule has 0 aromatic heterocycles. The van der Waals surface area contributed by atoms with Crippen LogP contribution in [-0.4, -0.2) is 24.5 Å². The fourth-order valence-electron chi connectivity index (χ4n) is 1.05. The number of nitrogens with one attached hydrogen (secondary N) is 1. The number of cyclic esters (lactones) is 1. The lowest BCUT2D eigenvalue weighted by Gasteiger charge is -2.09. The van der Waals surface area contributed by atoms with E-state index >= 15 is 0 Å². The van der Waals surface area contributed by atoms with Crippen LogP contribution in [0.25, 0.3) is 0 Å². The van der Waals surface area contributed by atoms with E-state index in [0.29, 0.717) is 6.61 Å². The molecule has 0 aromatic rings. The lowest BCUT2D eigenvalue weighted by atomic mass is 10.1. The quantitative estimate of drug-likeness (QED) is 0.531. The molecule has 1 fully saturated rings. The monoisotopic (exact) mass is 157 g/mol. The summed E-state index contributed by atoms with van der Waals surface area (Å²) >= 11 is 0. The van der Waals surface area contributed by atoms with Crippen molar-refractivity contribution in [3.63, 3.8) is 0 Å². The molecule has 1 saturated heterocycles. The maximum atomic E-state index is 10.9. The Labute approximate surface area is 64.9 Å². The molecule has 4 nitrogen and oxygen atoms in total. The highest BCUT2D eigenvalue weighted by atomic mass is 16.5. The molecule has 1 aliphatic heterocycles. The molecule has 0 radical (unpaired) electrons. The molecule has 1 N–H and O–H groups in total. The topological polar surface area (TPSA) is 55.4 Å². The third-order valence-corrected chi connectivity index (χ3v) is 1.67. The van der Waals surface area contributed by atoms with E-state index in [1.165, 1.54) is 6.92 Å². The molecule has 2 atom stereocenters. The minimum Gasteiger partial charge on any atom is -0.464 e. The molecule has 62 valence electrons. The fourth-order valence-corrected chi connectivity index (χ4v) is 1.05. The van der Waals surface area contributed by atoms with Crippen LogP contribution in [0, 0.1) is 5.92 Å². The Hall–Kier alpha value is -1.06. The summed E-state index contributed by atoms with van der Waals surface area (Å²) in [7, 11) is 0. The van der Waals surface area contributed by atoms with Gasteiger partial charge in [0.05, 0.1) is 6.61 Å². The molecule has 0 bridgehead atoms. The van der Waals surface area contributed by atoms with Gasteiger partial charge in [0.25, 0.3) is 0 Å². The Morgan fingerprint density at radius 2 is 2.36 bits per heavy atom. The van der Waals surface area contributed by atoms with Gasteiger partial charge in [0, 0.05) is 12.8 Å². The van der Waals surface area contributed by atoms with Crippen LogP contribution in [-0.2, 0) is 14.3 Å². The molecule has 0 unspecified atom stereocenters. The zero-order valence-electron chi connectivity index (χ0n) is 6.59. The van der Waals surface area contributed by atoms with Crippen molar-refractivity contribution in [3.05, 3.63) is 0 Å². The highest BCUT2D eigenvalue weighted by Gasteiger charge is 2.33. The zero-order valence-corrected chi connectivity index (χ0v) is 6.59. The Morgan fingerprint density at radius 1 is 1.73 bits per heavy atom. The molecule has 0 aliphatic carbocycles. The number of amides is 1. The third kappa shape index (κ3) is 1.69. The smallest absolute Gasteiger partial charge is 0.329 e. The van der Waals surface area contributed by atoms with Crippen LogP contribution in [0.2, 0.25) is 0 Å². The number of esters is 1. The van der Waals surface area contributed by atoms with Crippen LogP contribution < -0.4 is 5.32 Å². The van der Waals surface area contributed by atoms with Gasteiger partial charge < -0.3 is 10.1 Å². The van der Waals surface area contributed by atoms with E-state index in [1.54, 1.807) is 0 Å². The molecule has 1 heterocycles. The van der Waals surface area contributed by atoms with Gasteiger partial charge in [-0.25, -0.2) is 4.79 Å². The van der Waals surface area contributed by atoms with Crippen LogP contribution >= 0.6 is 0 Å². The van der Waals surface area contributed by atoms with Crippen LogP contribution in [0.1, 0.15) is 13.8 Å². The second-order valence-electron chi connectivity index (χ2n) is 2.79. The molecule has 4 heteroatoms. The fraction of sp³-hybridized carbons (Fsp3) is 0.714. The summed E-state index contributed by atoms with van der Waals surface area (Å²) in [5.74, 6) is -0.431. The standard InChI is InChI=1S/C7H11NO3/c1-4-3-11-7(10)6(4)8-5(2)9/h4,6H,3H2,1-2H3,(H,8,9)/t4-,6-/m1/s1. The van der Waals surface area contributed by atoms with Gasteiger partial charge in [0.2, 0.25) is 5.91 Å². The molecule has 11 heavy (non-hydrogen) atoms. The van der Waals surface area contributed by atoms with Gasteiger partial charge >= 0.3 is 5.97 Å². The molecule has 1 aliphatic rings. The maximum absolute atomic E-state index is 10.9. The van der Waals surface area contributed by atoms with E-state index in [1.807, 2.05) is 6.92 Å². The average molecular weight is 157 g/mol. The molecule has 0 aromatic carbocycles. The SMILES string of the molecule is CC(=O)N[C@H]1C(=O)OC[C@H]1C. The molecular weight excluding hydrogens is 146 g/mol. The first-order valence-corrected chi connectivity index (χ1v) is 3.55. The highest BCUT2D eigenvalue weighted by Crippen LogP contribution is 2.13. The first-order valence-electron chi connectivity index (χ1n) is 3.55. The van der Waals surface area contributed by atoms with Crippen LogP contribution in [0.4, 0.5) is 0 Å². The maximum Gasteiger partial charge on any atom is 0.329 e. The van der Waals surface area contributed by atoms with E-state index in [9.17, 15) is 9.59 Å². The number of hydrogen-bond acceptors (Lipinski definition) is 3. The number of carbonyl (C=O) groups is 2. The minimum atomic E-state index is -0.438. The van der Waals surface area contributed by atoms with Gasteiger partial charge in [-0.05, 0) is 0 Å². The van der Waals surface area contributed by atoms with E-state index in [-0.39, 0.29) is 17.8 Å². The van der Waals surface area contributed by atoms with E-state index in [0.717, 1.165) is 0 Å². The molecule has 1 rings (SSSR count). The van der Waals surface area contributed by atoms with Gasteiger partial charge in [-0.3, -0.25) is 4.79 Å². The van der Waals surface area contributed by atoms with Gasteiger partial charge in [-0.2, -0.15) is 0 Å². The summed E-state index contributed by atoms with van der Waals surface area (Å²) in [6.45, 7) is 3.66. The predicted octanol–water partition coefficient (Wildman–Crippen LogP) is -0.316. The van der Waals surface area contributed by atoms with Crippen molar-refractivity contribution in [2.75, 3.05) is 6.61 Å². The van der Waals surface area contributed by atoms with Crippen molar-refractivity contribution < 1.29 is 14.3 Å². The van der Waals surface area contributed by atoms with Crippen LogP contribution in [0.5, 0.6) is 0 Å². The summed E-state index contributed by atoms with van der Waals surface area (Å²) in [6, 6.07) is -0.438. The zero-order chi connectivity index (χ0) is 8.43. The van der Waals surface area contributed by atoms with Gasteiger partial charge in [0.15, 0.2) is 0 Å². The Kier molecular flexibility index (Phi) is 2.12. The molecule has 1 amide bonds. The lowest BCUT2D eigenvalue weighted by molar-refractivity contribution is -0.141. The summed E-state index contributed by atoms with van der Waals surface area (Å²) in [5, 5.41) is 2.53. The summed E-state index contributed by atoms with van der Waals surface area (Å²) in [5.41, 5.74) is 0. The van der Waals surface area contributed by atoms with Gasteiger partial charge in [-0.15, -0.1) is 0 Å². The molecule has 0 spiro atoms. The van der Waals surface area contributed by atoms with Crippen LogP contribution in [0.15, 0.2) is 0 Å². The second-order valence-corrected chi connectivity index (χ2v) is 2.79. The summed E-state index contributed by atoms with van der Waals surface area (Å²) in [4.78, 5) is 21.5. The number of carbonyl (C=O) groups excluding carboxylic acids is 2. The van der Waals surface area contributed by atoms with Crippen molar-refractivity contribution in [2.24, 2.45) is 5.92 Å². The highest BCUT2D eigenvalue weighted by molar-refractivity contribution is 5.84. The summed E-state index contributed by atoms with van der Waals surface area (Å²) in [6.07, 6.45) is 0. The van der Waals surface area contributed by atoms with Crippen molar-refractivity contribution in [1.29, 1.82) is 0 Å². The lowest BCUT2D eigenvalue weighted by Crippen LogP contribution is -2.40. The normalized spacial score (nSPS) is 29.8. The second kappa shape index (κ2) is 2.90. The number of hydrogen-bond donors (Lipinski definition) is 1. The van der Waals surface area contributed by atoms with Gasteiger partial charge in [0.1, 0.15) is 6.04 Å². The molecule has 0 saturated carbocycles. The Balaban J connectivity index is 2.54. The van der Waals surface area contributed by atoms with Crippen molar-refractivity contribution in [2.45, 2.75) is 19.9 Å². The number of rotatable bonds is 1. The average Bonchev–Trinajstić information content (AvgIpc) is 2.18. The van der Waals surface area contributed by atoms with E-state index in [2.05, 4.69) is 5.32 Å².